The van der Waals surface area contributed by atoms with Gasteiger partial charge >= 0.3 is 12.4 Å². The maximum absolute atomic E-state index is 12.9. The fourth-order valence-electron chi connectivity index (χ4n) is 4.41. The van der Waals surface area contributed by atoms with Gasteiger partial charge in [0, 0.05) is 24.2 Å². The minimum absolute atomic E-state index is 0.193. The topological polar surface area (TPSA) is 84.4 Å². The Bertz CT molecular complexity index is 1280. The summed E-state index contributed by atoms with van der Waals surface area (Å²) in [5, 5.41) is 8.59. The number of carbonyl (C=O) groups excluding carboxylic acids is 2. The van der Waals surface area contributed by atoms with Crippen molar-refractivity contribution in [2.75, 3.05) is 13.1 Å². The van der Waals surface area contributed by atoms with Crippen LogP contribution in [0.2, 0.25) is 0 Å². The molecule has 4 rings (SSSR count). The average molecular weight is 515 g/mol. The molecule has 0 aliphatic carbocycles. The number of hydrogen-bond acceptors (Lipinski definition) is 3. The molecule has 0 saturated carbocycles. The van der Waals surface area contributed by atoms with Gasteiger partial charge in [-0.25, -0.2) is 4.79 Å². The standard InChI is InChI=1S/C27H29F3N4O3/c1-26(2,3)33-25(36)31-13-12-19-16-32-24(35)22-15-21(23(34(19)22)17-8-5-4-6-9-17)18-10-7-11-20(14-18)37-27(28,29)30/h4-11,14-15,19H,12-13,16H2,1-3H3,(H,32,35)(H2,31,33,36)/t19-/m0/s1. The molecule has 3 amide bonds. The van der Waals surface area contributed by atoms with E-state index in [-0.39, 0.29) is 29.3 Å². The zero-order valence-corrected chi connectivity index (χ0v) is 20.8. The Balaban J connectivity index is 1.73. The largest absolute Gasteiger partial charge is 0.573 e. The second-order valence-corrected chi connectivity index (χ2v) is 9.89. The number of nitrogens with one attached hydrogen (secondary N) is 3. The summed E-state index contributed by atoms with van der Waals surface area (Å²) < 4.78 is 44.6. The van der Waals surface area contributed by atoms with E-state index >= 15 is 0 Å². The van der Waals surface area contributed by atoms with Gasteiger partial charge in [-0.05, 0) is 56.5 Å². The van der Waals surface area contributed by atoms with Crippen LogP contribution in [0.4, 0.5) is 18.0 Å². The molecule has 2 heterocycles. The molecule has 1 aliphatic rings. The number of hydrogen-bond donors (Lipinski definition) is 3. The number of rotatable bonds is 6. The van der Waals surface area contributed by atoms with Crippen molar-refractivity contribution in [2.45, 2.75) is 45.1 Å². The fraction of sp³-hybridized carbons (Fsp3) is 0.333. The number of benzene rings is 2. The number of aromatic nitrogens is 1. The molecule has 196 valence electrons. The quantitative estimate of drug-likeness (QED) is 0.407. The van der Waals surface area contributed by atoms with E-state index in [1.54, 1.807) is 12.1 Å². The summed E-state index contributed by atoms with van der Waals surface area (Å²) in [6.45, 7) is 6.37. The number of ether oxygens (including phenoxy) is 1. The second kappa shape index (κ2) is 10.2. The molecule has 0 fully saturated rings. The molecule has 1 aliphatic heterocycles. The van der Waals surface area contributed by atoms with E-state index in [1.807, 2.05) is 55.7 Å². The van der Waals surface area contributed by atoms with Gasteiger partial charge in [0.2, 0.25) is 0 Å². The molecular formula is C27H29F3N4O3. The highest BCUT2D eigenvalue weighted by atomic mass is 19.4. The first kappa shape index (κ1) is 26.1. The Kier molecular flexibility index (Phi) is 7.20. The summed E-state index contributed by atoms with van der Waals surface area (Å²) >= 11 is 0. The van der Waals surface area contributed by atoms with Crippen molar-refractivity contribution < 1.29 is 27.5 Å². The van der Waals surface area contributed by atoms with Crippen LogP contribution in [0.25, 0.3) is 22.4 Å². The maximum Gasteiger partial charge on any atom is 0.573 e. The number of fused-ring (bicyclic) bond motifs is 1. The molecule has 0 spiro atoms. The highest BCUT2D eigenvalue weighted by molar-refractivity contribution is 5.98. The lowest BCUT2D eigenvalue weighted by Gasteiger charge is -2.29. The van der Waals surface area contributed by atoms with Gasteiger partial charge in [0.05, 0.1) is 11.7 Å². The number of urea groups is 1. The summed E-state index contributed by atoms with van der Waals surface area (Å²) in [7, 11) is 0. The van der Waals surface area contributed by atoms with Crippen LogP contribution in [-0.2, 0) is 0 Å². The number of halogens is 3. The molecule has 0 saturated heterocycles. The zero-order valence-electron chi connectivity index (χ0n) is 20.8. The smallest absolute Gasteiger partial charge is 0.406 e. The van der Waals surface area contributed by atoms with Gasteiger partial charge in [0.1, 0.15) is 11.4 Å². The normalized spacial score (nSPS) is 15.5. The van der Waals surface area contributed by atoms with Crippen LogP contribution in [0, 0.1) is 0 Å². The minimum Gasteiger partial charge on any atom is -0.406 e. The van der Waals surface area contributed by atoms with E-state index < -0.39 is 6.36 Å². The monoisotopic (exact) mass is 514 g/mol. The van der Waals surface area contributed by atoms with Crippen molar-refractivity contribution in [1.82, 2.24) is 20.5 Å². The summed E-state index contributed by atoms with van der Waals surface area (Å²) in [5.41, 5.74) is 2.62. The number of amides is 3. The molecule has 0 radical (unpaired) electrons. The number of carbonyl (C=O) groups is 2. The molecule has 0 bridgehead atoms. The lowest BCUT2D eigenvalue weighted by molar-refractivity contribution is -0.274. The Morgan fingerprint density at radius 2 is 1.76 bits per heavy atom. The van der Waals surface area contributed by atoms with Gasteiger partial charge in [-0.2, -0.15) is 0 Å². The zero-order chi connectivity index (χ0) is 26.8. The van der Waals surface area contributed by atoms with Crippen molar-refractivity contribution in [3.63, 3.8) is 0 Å². The van der Waals surface area contributed by atoms with Gasteiger partial charge in [0.15, 0.2) is 0 Å². The SMILES string of the molecule is CC(C)(C)NC(=O)NCC[C@H]1CNC(=O)c2cc(-c3cccc(OC(F)(F)F)c3)c(-c3ccccc3)n21. The molecule has 0 unspecified atom stereocenters. The summed E-state index contributed by atoms with van der Waals surface area (Å²) in [5.74, 6) is -0.621. The molecule has 1 aromatic heterocycles. The van der Waals surface area contributed by atoms with Crippen molar-refractivity contribution in [3.05, 3.63) is 66.4 Å². The third-order valence-electron chi connectivity index (χ3n) is 5.81. The Hall–Kier alpha value is -3.95. The third kappa shape index (κ3) is 6.44. The molecular weight excluding hydrogens is 485 g/mol. The van der Waals surface area contributed by atoms with E-state index in [1.165, 1.54) is 18.2 Å². The van der Waals surface area contributed by atoms with Crippen molar-refractivity contribution in [2.24, 2.45) is 0 Å². The van der Waals surface area contributed by atoms with Crippen LogP contribution < -0.4 is 20.7 Å². The van der Waals surface area contributed by atoms with Crippen LogP contribution in [0.3, 0.4) is 0 Å². The second-order valence-electron chi connectivity index (χ2n) is 9.89. The van der Waals surface area contributed by atoms with Crippen LogP contribution in [0.1, 0.15) is 43.7 Å². The molecule has 3 N–H and O–H groups in total. The number of alkyl halides is 3. The summed E-state index contributed by atoms with van der Waals surface area (Å²) in [6, 6.07) is 16.3. The fourth-order valence-corrected chi connectivity index (χ4v) is 4.41. The lowest BCUT2D eigenvalue weighted by atomic mass is 10.0. The third-order valence-corrected chi connectivity index (χ3v) is 5.81. The van der Waals surface area contributed by atoms with Gasteiger partial charge in [-0.15, -0.1) is 13.2 Å². The first-order chi connectivity index (χ1) is 17.4. The Morgan fingerprint density at radius 3 is 2.43 bits per heavy atom. The highest BCUT2D eigenvalue weighted by Crippen LogP contribution is 2.40. The molecule has 10 heteroatoms. The molecule has 2 aromatic carbocycles. The molecule has 7 nitrogen and oxygen atoms in total. The Morgan fingerprint density at radius 1 is 1.05 bits per heavy atom. The highest BCUT2D eigenvalue weighted by Gasteiger charge is 2.33. The average Bonchev–Trinajstić information content (AvgIpc) is 3.21. The molecule has 3 aromatic rings. The van der Waals surface area contributed by atoms with Gasteiger partial charge in [-0.1, -0.05) is 42.5 Å². The first-order valence-corrected chi connectivity index (χ1v) is 11.9. The van der Waals surface area contributed by atoms with E-state index in [4.69, 9.17) is 0 Å². The van der Waals surface area contributed by atoms with Crippen molar-refractivity contribution in [1.29, 1.82) is 0 Å². The maximum atomic E-state index is 12.9. The van der Waals surface area contributed by atoms with E-state index in [0.29, 0.717) is 42.0 Å². The number of nitrogens with zero attached hydrogens (tertiary/aromatic N) is 1. The predicted octanol–water partition coefficient (Wildman–Crippen LogP) is 5.49. The Labute approximate surface area is 213 Å². The first-order valence-electron chi connectivity index (χ1n) is 11.9. The van der Waals surface area contributed by atoms with Crippen molar-refractivity contribution in [3.8, 4) is 28.1 Å². The molecule has 37 heavy (non-hydrogen) atoms. The van der Waals surface area contributed by atoms with E-state index in [2.05, 4.69) is 20.7 Å². The van der Waals surface area contributed by atoms with Gasteiger partial charge in [0.25, 0.3) is 5.91 Å². The minimum atomic E-state index is -4.82. The van der Waals surface area contributed by atoms with Crippen LogP contribution in [0.5, 0.6) is 5.75 Å². The summed E-state index contributed by atoms with van der Waals surface area (Å²) in [4.78, 5) is 25.1. The van der Waals surface area contributed by atoms with Crippen LogP contribution >= 0.6 is 0 Å². The van der Waals surface area contributed by atoms with Gasteiger partial charge in [-0.3, -0.25) is 4.79 Å². The van der Waals surface area contributed by atoms with E-state index in [9.17, 15) is 22.8 Å². The van der Waals surface area contributed by atoms with Crippen molar-refractivity contribution >= 4 is 11.9 Å². The van der Waals surface area contributed by atoms with Gasteiger partial charge < -0.3 is 25.3 Å². The van der Waals surface area contributed by atoms with E-state index in [0.717, 1.165) is 5.56 Å². The predicted molar refractivity (Wildman–Crippen MR) is 134 cm³/mol. The molecule has 1 atom stereocenters. The van der Waals surface area contributed by atoms with Crippen LogP contribution in [-0.4, -0.2) is 41.5 Å². The lowest BCUT2D eigenvalue weighted by Crippen LogP contribution is -2.47. The summed E-state index contributed by atoms with van der Waals surface area (Å²) in [6.07, 6.45) is -4.30. The van der Waals surface area contributed by atoms with Crippen LogP contribution in [0.15, 0.2) is 60.7 Å².